The molecule has 0 saturated carbocycles. The molecule has 7 nitrogen and oxygen atoms in total. The molecule has 0 spiro atoms. The summed E-state index contributed by atoms with van der Waals surface area (Å²) in [6.45, 7) is 5.11. The number of nitrogens with one attached hydrogen (secondary N) is 1. The van der Waals surface area contributed by atoms with Crippen molar-refractivity contribution < 1.29 is 13.2 Å². The van der Waals surface area contributed by atoms with Crippen LogP contribution in [0.4, 0.5) is 5.69 Å². The van der Waals surface area contributed by atoms with Crippen LogP contribution in [-0.4, -0.2) is 31.7 Å². The predicted octanol–water partition coefficient (Wildman–Crippen LogP) is 6.71. The Morgan fingerprint density at radius 2 is 1.67 bits per heavy atom. The van der Waals surface area contributed by atoms with Crippen molar-refractivity contribution in [1.29, 1.82) is 0 Å². The number of hydrazone groups is 1. The van der Waals surface area contributed by atoms with E-state index in [2.05, 4.69) is 10.5 Å². The van der Waals surface area contributed by atoms with Gasteiger partial charge in [-0.15, -0.1) is 0 Å². The monoisotopic (exact) mass is 602 g/mol. The highest BCUT2D eigenvalue weighted by molar-refractivity contribution is 7.92. The summed E-state index contributed by atoms with van der Waals surface area (Å²) in [5.41, 5.74) is 6.66. The van der Waals surface area contributed by atoms with Crippen molar-refractivity contribution in [1.82, 2.24) is 9.99 Å². The molecule has 0 fully saturated rings. The molecular formula is C28H25Cl3N4O3S. The number of anilines is 1. The van der Waals surface area contributed by atoms with Gasteiger partial charge < -0.3 is 4.57 Å². The fraction of sp³-hybridized carbons (Fsp3) is 0.143. The van der Waals surface area contributed by atoms with Gasteiger partial charge in [0.05, 0.1) is 32.5 Å². The van der Waals surface area contributed by atoms with Gasteiger partial charge in [-0.25, -0.2) is 13.8 Å². The van der Waals surface area contributed by atoms with E-state index in [0.29, 0.717) is 15.1 Å². The van der Waals surface area contributed by atoms with Gasteiger partial charge in [-0.2, -0.15) is 5.10 Å². The lowest BCUT2D eigenvalue weighted by Gasteiger charge is -2.24. The number of sulfonamides is 1. The van der Waals surface area contributed by atoms with Crippen LogP contribution >= 0.6 is 34.8 Å². The summed E-state index contributed by atoms with van der Waals surface area (Å²) in [5.74, 6) is -0.630. The quantitative estimate of drug-likeness (QED) is 0.180. The number of hydrogen-bond donors (Lipinski definition) is 1. The van der Waals surface area contributed by atoms with Gasteiger partial charge in [0, 0.05) is 22.0 Å². The first-order valence-electron chi connectivity index (χ1n) is 11.8. The van der Waals surface area contributed by atoms with E-state index in [9.17, 15) is 13.2 Å². The molecule has 39 heavy (non-hydrogen) atoms. The number of aryl methyl sites for hydroxylation is 2. The average Bonchev–Trinajstić information content (AvgIpc) is 3.19. The molecule has 0 aliphatic rings. The molecule has 0 radical (unpaired) electrons. The Balaban J connectivity index is 1.58. The lowest BCUT2D eigenvalue weighted by Crippen LogP contribution is -2.39. The highest BCUT2D eigenvalue weighted by Crippen LogP contribution is 2.31. The van der Waals surface area contributed by atoms with Gasteiger partial charge in [0.1, 0.15) is 6.54 Å². The normalized spacial score (nSPS) is 11.6. The van der Waals surface area contributed by atoms with Crippen molar-refractivity contribution in [3.63, 3.8) is 0 Å². The first-order valence-corrected chi connectivity index (χ1v) is 14.4. The molecule has 4 rings (SSSR count). The second-order valence-corrected chi connectivity index (χ2v) is 11.8. The van der Waals surface area contributed by atoms with E-state index in [1.54, 1.807) is 43.3 Å². The van der Waals surface area contributed by atoms with Crippen LogP contribution in [0.15, 0.2) is 82.8 Å². The third-order valence-electron chi connectivity index (χ3n) is 6.10. The molecule has 4 aromatic rings. The minimum atomic E-state index is -4.07. The van der Waals surface area contributed by atoms with Crippen LogP contribution in [0.1, 0.15) is 22.5 Å². The van der Waals surface area contributed by atoms with E-state index in [0.717, 1.165) is 32.5 Å². The number of rotatable bonds is 8. The number of nitrogens with zero attached hydrogens (tertiary/aromatic N) is 3. The van der Waals surface area contributed by atoms with Crippen molar-refractivity contribution in [2.45, 2.75) is 25.7 Å². The molecule has 1 aromatic heterocycles. The first-order chi connectivity index (χ1) is 18.5. The van der Waals surface area contributed by atoms with Gasteiger partial charge in [0.25, 0.3) is 15.9 Å². The van der Waals surface area contributed by atoms with E-state index < -0.39 is 22.5 Å². The molecule has 0 aliphatic heterocycles. The standard InChI is InChI=1S/C28H25Cl3N4O3S/c1-18-12-13-22(15-25(18)30)34(39(37,38)23-8-5-4-6-9-23)17-27(36)33-32-16-21-14-19(2)35(20(21)3)26-11-7-10-24(29)28(26)31/h4-16H,17H2,1-3H3,(H,33,36)/b32-16-. The molecule has 202 valence electrons. The van der Waals surface area contributed by atoms with Crippen molar-refractivity contribution in [2.75, 3.05) is 10.8 Å². The third kappa shape index (κ3) is 6.15. The maximum atomic E-state index is 13.5. The lowest BCUT2D eigenvalue weighted by molar-refractivity contribution is -0.119. The van der Waals surface area contributed by atoms with Crippen LogP contribution in [0.5, 0.6) is 0 Å². The Hall–Kier alpha value is -3.30. The van der Waals surface area contributed by atoms with E-state index in [-0.39, 0.29) is 10.6 Å². The smallest absolute Gasteiger partial charge is 0.264 e. The van der Waals surface area contributed by atoms with Crippen molar-refractivity contribution >= 4 is 62.6 Å². The van der Waals surface area contributed by atoms with Crippen LogP contribution in [0.3, 0.4) is 0 Å². The average molecular weight is 604 g/mol. The maximum absolute atomic E-state index is 13.5. The van der Waals surface area contributed by atoms with Crippen LogP contribution in [0.25, 0.3) is 5.69 Å². The van der Waals surface area contributed by atoms with Gasteiger partial charge >= 0.3 is 0 Å². The fourth-order valence-corrected chi connectivity index (χ4v) is 6.05. The Labute approximate surface area is 242 Å². The maximum Gasteiger partial charge on any atom is 0.264 e. The molecule has 3 aromatic carbocycles. The SMILES string of the molecule is Cc1ccc(N(CC(=O)N/N=C\c2cc(C)n(-c3cccc(Cl)c3Cl)c2C)S(=O)(=O)c2ccccc2)cc1Cl. The van der Waals surface area contributed by atoms with Crippen molar-refractivity contribution in [3.05, 3.63) is 110 Å². The predicted molar refractivity (Wildman–Crippen MR) is 158 cm³/mol. The molecule has 0 saturated heterocycles. The Kier molecular flexibility index (Phi) is 8.71. The summed E-state index contributed by atoms with van der Waals surface area (Å²) in [6.07, 6.45) is 1.49. The van der Waals surface area contributed by atoms with Gasteiger partial charge in [0.2, 0.25) is 0 Å². The number of halogens is 3. The van der Waals surface area contributed by atoms with E-state index >= 15 is 0 Å². The molecule has 1 amide bonds. The fourth-order valence-electron chi connectivity index (χ4n) is 4.07. The number of benzene rings is 3. The van der Waals surface area contributed by atoms with Crippen molar-refractivity contribution in [3.8, 4) is 5.69 Å². The van der Waals surface area contributed by atoms with Gasteiger partial charge in [-0.3, -0.25) is 9.10 Å². The highest BCUT2D eigenvalue weighted by Gasteiger charge is 2.27. The van der Waals surface area contributed by atoms with Gasteiger partial charge in [-0.1, -0.05) is 65.1 Å². The third-order valence-corrected chi connectivity index (χ3v) is 9.10. The Morgan fingerprint density at radius 1 is 0.949 bits per heavy atom. The molecule has 1 heterocycles. The number of carbonyl (C=O) groups is 1. The van der Waals surface area contributed by atoms with Crippen LogP contribution in [0.2, 0.25) is 15.1 Å². The summed E-state index contributed by atoms with van der Waals surface area (Å²) >= 11 is 18.9. The highest BCUT2D eigenvalue weighted by atomic mass is 35.5. The molecule has 0 bridgehead atoms. The second-order valence-electron chi connectivity index (χ2n) is 8.79. The molecule has 0 aliphatic carbocycles. The largest absolute Gasteiger partial charge is 0.316 e. The molecule has 11 heteroatoms. The summed E-state index contributed by atoms with van der Waals surface area (Å²) in [5, 5.41) is 5.33. The second kappa shape index (κ2) is 11.8. The summed E-state index contributed by atoms with van der Waals surface area (Å²) in [6, 6.07) is 20.0. The van der Waals surface area contributed by atoms with E-state index in [1.807, 2.05) is 36.6 Å². The minimum absolute atomic E-state index is 0.0464. The number of amides is 1. The lowest BCUT2D eigenvalue weighted by atomic mass is 10.2. The first kappa shape index (κ1) is 28.7. The zero-order valence-electron chi connectivity index (χ0n) is 21.3. The van der Waals surface area contributed by atoms with E-state index in [1.165, 1.54) is 24.4 Å². The summed E-state index contributed by atoms with van der Waals surface area (Å²) < 4.78 is 29.9. The molecular weight excluding hydrogens is 579 g/mol. The van der Waals surface area contributed by atoms with Gasteiger partial charge in [0.15, 0.2) is 0 Å². The topological polar surface area (TPSA) is 83.8 Å². The number of hydrogen-bond acceptors (Lipinski definition) is 4. The van der Waals surface area contributed by atoms with Crippen molar-refractivity contribution in [2.24, 2.45) is 5.10 Å². The number of aromatic nitrogens is 1. The Bertz CT molecular complexity index is 1670. The Morgan fingerprint density at radius 3 is 2.36 bits per heavy atom. The minimum Gasteiger partial charge on any atom is -0.316 e. The summed E-state index contributed by atoms with van der Waals surface area (Å²) in [7, 11) is -4.07. The molecule has 1 N–H and O–H groups in total. The van der Waals surface area contributed by atoms with Crippen LogP contribution < -0.4 is 9.73 Å². The zero-order chi connectivity index (χ0) is 28.3. The summed E-state index contributed by atoms with van der Waals surface area (Å²) in [4.78, 5) is 13.0. The van der Waals surface area contributed by atoms with Crippen LogP contribution in [0, 0.1) is 20.8 Å². The zero-order valence-corrected chi connectivity index (χ0v) is 24.4. The molecule has 0 unspecified atom stereocenters. The number of carbonyl (C=O) groups excluding carboxylic acids is 1. The van der Waals surface area contributed by atoms with Gasteiger partial charge in [-0.05, 0) is 68.8 Å². The molecule has 0 atom stereocenters. The van der Waals surface area contributed by atoms with Crippen LogP contribution in [-0.2, 0) is 14.8 Å². The van der Waals surface area contributed by atoms with E-state index in [4.69, 9.17) is 34.8 Å².